The van der Waals surface area contributed by atoms with Crippen molar-refractivity contribution in [1.29, 1.82) is 0 Å². The van der Waals surface area contributed by atoms with E-state index < -0.39 is 12.1 Å². The maximum absolute atomic E-state index is 10.7. The van der Waals surface area contributed by atoms with E-state index in [1.807, 2.05) is 0 Å². The van der Waals surface area contributed by atoms with Gasteiger partial charge in [0.15, 0.2) is 0 Å². The Bertz CT molecular complexity index is 143. The molecule has 2 N–H and O–H groups in total. The predicted molar refractivity (Wildman–Crippen MR) is 48.2 cm³/mol. The Balaban J connectivity index is 3.21. The number of carbonyl (C=O) groups excluding carboxylic acids is 1. The molecule has 78 valence electrons. The summed E-state index contributed by atoms with van der Waals surface area (Å²) in [7, 11) is 0. The lowest BCUT2D eigenvalue weighted by Crippen LogP contribution is -2.19. The van der Waals surface area contributed by atoms with Crippen LogP contribution in [0.4, 0.5) is 0 Å². The molecule has 0 aromatic carbocycles. The molecule has 0 fully saturated rings. The number of hydrogen-bond donors (Lipinski definition) is 2. The Kier molecular flexibility index (Phi) is 6.54. The highest BCUT2D eigenvalue weighted by Crippen LogP contribution is 2.00. The number of ether oxygens (including phenoxy) is 1. The summed E-state index contributed by atoms with van der Waals surface area (Å²) in [5.74, 6) is -0.586. The minimum atomic E-state index is -1.04. The van der Waals surface area contributed by atoms with Crippen LogP contribution in [-0.4, -0.2) is 35.0 Å². The maximum atomic E-state index is 10.7. The molecule has 0 aromatic heterocycles. The topological polar surface area (TPSA) is 66.8 Å². The number of hydrogen-bond acceptors (Lipinski definition) is 4. The summed E-state index contributed by atoms with van der Waals surface area (Å²) in [6.07, 6.45) is 0.921. The minimum absolute atomic E-state index is 0.299. The Morgan fingerprint density at radius 2 is 1.92 bits per heavy atom. The lowest BCUT2D eigenvalue weighted by atomic mass is 10.2. The van der Waals surface area contributed by atoms with E-state index in [0.717, 1.165) is 12.8 Å². The average molecular weight is 190 g/mol. The Labute approximate surface area is 78.5 Å². The Morgan fingerprint density at radius 3 is 2.38 bits per heavy atom. The summed E-state index contributed by atoms with van der Waals surface area (Å²) in [6.45, 7) is 3.41. The highest BCUT2D eigenvalue weighted by atomic mass is 16.5. The molecule has 0 amide bonds. The van der Waals surface area contributed by atoms with Crippen LogP contribution in [0.25, 0.3) is 0 Å². The smallest absolute Gasteiger partial charge is 0.334 e. The molecule has 0 unspecified atom stereocenters. The predicted octanol–water partition coefficient (Wildman–Crippen LogP) is 0.461. The maximum Gasteiger partial charge on any atom is 0.334 e. The minimum Gasteiger partial charge on any atom is -0.464 e. The molecule has 4 heteroatoms. The van der Waals surface area contributed by atoms with E-state index in [1.54, 1.807) is 6.92 Å². The molecule has 0 rings (SSSR count). The lowest BCUT2D eigenvalue weighted by molar-refractivity contribution is -0.152. The zero-order valence-corrected chi connectivity index (χ0v) is 8.19. The van der Waals surface area contributed by atoms with Gasteiger partial charge < -0.3 is 14.9 Å². The molecule has 0 saturated carbocycles. The van der Waals surface area contributed by atoms with Crippen molar-refractivity contribution >= 4 is 5.97 Å². The van der Waals surface area contributed by atoms with Gasteiger partial charge in [0, 0.05) is 0 Å². The van der Waals surface area contributed by atoms with Gasteiger partial charge in [0.2, 0.25) is 0 Å². The van der Waals surface area contributed by atoms with Crippen molar-refractivity contribution in [2.24, 2.45) is 0 Å². The standard InChI is InChI=1S/C9H18O4/c1-7(10)5-3-4-6-13-9(12)8(2)11/h7-8,10-11H,3-6H2,1-2H3/t7-,8-/m0/s1. The number of unbranched alkanes of at least 4 members (excludes halogenated alkanes) is 1. The van der Waals surface area contributed by atoms with Crippen LogP contribution >= 0.6 is 0 Å². The number of esters is 1. The fourth-order valence-electron chi connectivity index (χ4n) is 0.835. The van der Waals surface area contributed by atoms with Gasteiger partial charge in [0.05, 0.1) is 12.7 Å². The first-order valence-electron chi connectivity index (χ1n) is 4.56. The monoisotopic (exact) mass is 190 g/mol. The zero-order valence-electron chi connectivity index (χ0n) is 8.19. The van der Waals surface area contributed by atoms with Crippen LogP contribution in [0.5, 0.6) is 0 Å². The van der Waals surface area contributed by atoms with E-state index in [1.165, 1.54) is 6.92 Å². The van der Waals surface area contributed by atoms with Gasteiger partial charge in [-0.05, 0) is 33.1 Å². The van der Waals surface area contributed by atoms with Gasteiger partial charge in [-0.3, -0.25) is 0 Å². The van der Waals surface area contributed by atoms with Gasteiger partial charge in [-0.25, -0.2) is 4.79 Å². The van der Waals surface area contributed by atoms with Crippen molar-refractivity contribution in [3.63, 3.8) is 0 Å². The largest absolute Gasteiger partial charge is 0.464 e. The van der Waals surface area contributed by atoms with Crippen LogP contribution in [-0.2, 0) is 9.53 Å². The van der Waals surface area contributed by atoms with E-state index in [-0.39, 0.29) is 6.10 Å². The second kappa shape index (κ2) is 6.86. The quantitative estimate of drug-likeness (QED) is 0.471. The molecule has 0 aromatic rings. The normalized spacial score (nSPS) is 15.1. The van der Waals surface area contributed by atoms with Crippen LogP contribution in [0.1, 0.15) is 33.1 Å². The van der Waals surface area contributed by atoms with Crippen molar-refractivity contribution in [1.82, 2.24) is 0 Å². The lowest BCUT2D eigenvalue weighted by Gasteiger charge is -2.06. The summed E-state index contributed by atoms with van der Waals surface area (Å²) < 4.78 is 4.71. The first-order chi connectivity index (χ1) is 6.04. The van der Waals surface area contributed by atoms with Crippen LogP contribution in [0, 0.1) is 0 Å². The summed E-state index contributed by atoms with van der Waals surface area (Å²) in [4.78, 5) is 10.7. The Hall–Kier alpha value is -0.610. The number of rotatable bonds is 6. The van der Waals surface area contributed by atoms with Crippen LogP contribution in [0.3, 0.4) is 0 Å². The molecule has 2 atom stereocenters. The SMILES string of the molecule is C[C@H](O)CCCCOC(=O)[C@H](C)O. The number of aliphatic hydroxyl groups excluding tert-OH is 2. The molecule has 4 nitrogen and oxygen atoms in total. The third kappa shape index (κ3) is 7.74. The molecule has 0 radical (unpaired) electrons. The average Bonchev–Trinajstić information content (AvgIpc) is 2.02. The van der Waals surface area contributed by atoms with Gasteiger partial charge in [0.1, 0.15) is 6.10 Å². The van der Waals surface area contributed by atoms with Gasteiger partial charge >= 0.3 is 5.97 Å². The van der Waals surface area contributed by atoms with E-state index >= 15 is 0 Å². The molecule has 13 heavy (non-hydrogen) atoms. The second-order valence-corrected chi connectivity index (χ2v) is 3.19. The number of aliphatic hydroxyl groups is 2. The van der Waals surface area contributed by atoms with Crippen LogP contribution in [0.2, 0.25) is 0 Å². The third-order valence-corrected chi connectivity index (χ3v) is 1.60. The highest BCUT2D eigenvalue weighted by molar-refractivity contribution is 5.73. The first-order valence-corrected chi connectivity index (χ1v) is 4.56. The molecule has 0 heterocycles. The second-order valence-electron chi connectivity index (χ2n) is 3.19. The fraction of sp³-hybridized carbons (Fsp3) is 0.889. The van der Waals surface area contributed by atoms with Crippen LogP contribution < -0.4 is 0 Å². The van der Waals surface area contributed by atoms with Gasteiger partial charge in [-0.1, -0.05) is 0 Å². The van der Waals surface area contributed by atoms with E-state index in [0.29, 0.717) is 13.0 Å². The summed E-state index contributed by atoms with van der Waals surface area (Å²) >= 11 is 0. The summed E-state index contributed by atoms with van der Waals surface area (Å²) in [5.41, 5.74) is 0. The molecular weight excluding hydrogens is 172 g/mol. The summed E-state index contributed by atoms with van der Waals surface area (Å²) in [6, 6.07) is 0. The first kappa shape index (κ1) is 12.4. The van der Waals surface area contributed by atoms with Crippen LogP contribution in [0.15, 0.2) is 0 Å². The third-order valence-electron chi connectivity index (χ3n) is 1.60. The van der Waals surface area contributed by atoms with Crippen molar-refractivity contribution < 1.29 is 19.7 Å². The van der Waals surface area contributed by atoms with E-state index in [2.05, 4.69) is 0 Å². The van der Waals surface area contributed by atoms with Crippen molar-refractivity contribution in [2.45, 2.75) is 45.3 Å². The van der Waals surface area contributed by atoms with Gasteiger partial charge in [0.25, 0.3) is 0 Å². The van der Waals surface area contributed by atoms with E-state index in [4.69, 9.17) is 14.9 Å². The highest BCUT2D eigenvalue weighted by Gasteiger charge is 2.08. The molecule has 0 spiro atoms. The molecule has 0 aliphatic carbocycles. The molecule has 0 aliphatic rings. The van der Waals surface area contributed by atoms with Gasteiger partial charge in [-0.15, -0.1) is 0 Å². The van der Waals surface area contributed by atoms with Crippen molar-refractivity contribution in [2.75, 3.05) is 6.61 Å². The molecule has 0 aliphatic heterocycles. The zero-order chi connectivity index (χ0) is 10.3. The Morgan fingerprint density at radius 1 is 1.31 bits per heavy atom. The summed E-state index contributed by atoms with van der Waals surface area (Å²) in [5, 5.41) is 17.7. The van der Waals surface area contributed by atoms with Crippen molar-refractivity contribution in [3.05, 3.63) is 0 Å². The van der Waals surface area contributed by atoms with E-state index in [9.17, 15) is 4.79 Å². The molecular formula is C9H18O4. The van der Waals surface area contributed by atoms with Crippen molar-refractivity contribution in [3.8, 4) is 0 Å². The number of carbonyl (C=O) groups is 1. The molecule has 0 saturated heterocycles. The fourth-order valence-corrected chi connectivity index (χ4v) is 0.835. The van der Waals surface area contributed by atoms with Gasteiger partial charge in [-0.2, -0.15) is 0 Å². The molecule has 0 bridgehead atoms.